The summed E-state index contributed by atoms with van der Waals surface area (Å²) < 4.78 is 5.74. The van der Waals surface area contributed by atoms with E-state index in [0.717, 1.165) is 6.42 Å². The second-order valence-electron chi connectivity index (χ2n) is 2.78. The molecule has 1 atom stereocenters. The van der Waals surface area contributed by atoms with Crippen molar-refractivity contribution in [2.24, 2.45) is 5.92 Å². The number of carbonyl (C=O) groups excluding carboxylic acids is 1. The van der Waals surface area contributed by atoms with Crippen LogP contribution in [-0.2, 0) is 0 Å². The van der Waals surface area contributed by atoms with Crippen LogP contribution in [0.3, 0.4) is 0 Å². The average molecular weight is 231 g/mol. The van der Waals surface area contributed by atoms with Crippen LogP contribution in [0, 0.1) is 5.92 Å². The molecule has 0 saturated carbocycles. The van der Waals surface area contributed by atoms with Gasteiger partial charge in [-0.15, -0.1) is 0 Å². The van der Waals surface area contributed by atoms with Gasteiger partial charge in [0.2, 0.25) is 5.78 Å². The molecule has 1 rings (SSSR count). The van der Waals surface area contributed by atoms with Crippen molar-refractivity contribution in [1.29, 1.82) is 0 Å². The van der Waals surface area contributed by atoms with Crippen molar-refractivity contribution in [3.63, 3.8) is 0 Å². The minimum absolute atomic E-state index is 0.0445. The lowest BCUT2D eigenvalue weighted by molar-refractivity contribution is 0.0897. The lowest BCUT2D eigenvalue weighted by Gasteiger charge is -2.02. The summed E-state index contributed by atoms with van der Waals surface area (Å²) in [5.41, 5.74) is 0. The van der Waals surface area contributed by atoms with E-state index in [1.165, 1.54) is 0 Å². The number of halogens is 1. The number of hydrogen-bond acceptors (Lipinski definition) is 2. The molecule has 0 aliphatic heterocycles. The molecule has 0 fully saturated rings. The number of carbonyl (C=O) groups is 1. The molecule has 0 amide bonds. The highest BCUT2D eigenvalue weighted by molar-refractivity contribution is 9.10. The molecule has 0 bridgehead atoms. The maximum Gasteiger partial charge on any atom is 0.200 e. The maximum absolute atomic E-state index is 11.5. The number of ketones is 1. The quantitative estimate of drug-likeness (QED) is 0.747. The summed E-state index contributed by atoms with van der Waals surface area (Å²) in [4.78, 5) is 11.5. The topological polar surface area (TPSA) is 30.2 Å². The highest BCUT2D eigenvalue weighted by atomic mass is 79.9. The van der Waals surface area contributed by atoms with Gasteiger partial charge in [0.05, 0.1) is 0 Å². The van der Waals surface area contributed by atoms with Crippen molar-refractivity contribution in [2.45, 2.75) is 20.3 Å². The van der Waals surface area contributed by atoms with E-state index < -0.39 is 0 Å². The van der Waals surface area contributed by atoms with Gasteiger partial charge in [-0.1, -0.05) is 13.8 Å². The van der Waals surface area contributed by atoms with Crippen molar-refractivity contribution in [3.05, 3.63) is 22.6 Å². The molecule has 66 valence electrons. The predicted molar refractivity (Wildman–Crippen MR) is 50.2 cm³/mol. The fourth-order valence-corrected chi connectivity index (χ4v) is 1.18. The average Bonchev–Trinajstić information content (AvgIpc) is 2.49. The molecule has 1 heterocycles. The lowest BCUT2D eigenvalue weighted by Crippen LogP contribution is -2.08. The second-order valence-corrected chi connectivity index (χ2v) is 3.56. The minimum Gasteiger partial charge on any atom is -0.446 e. The summed E-state index contributed by atoms with van der Waals surface area (Å²) in [6.45, 7) is 3.89. The molecule has 1 aromatic heterocycles. The zero-order valence-electron chi connectivity index (χ0n) is 7.13. The number of rotatable bonds is 3. The number of furan rings is 1. The first-order valence-corrected chi connectivity index (χ1v) is 4.74. The molecular formula is C9H11BrO2. The first-order valence-electron chi connectivity index (χ1n) is 3.94. The van der Waals surface area contributed by atoms with Crippen LogP contribution in [0.1, 0.15) is 30.8 Å². The van der Waals surface area contributed by atoms with E-state index in [9.17, 15) is 4.79 Å². The summed E-state index contributed by atoms with van der Waals surface area (Å²) in [5, 5.41) is 0. The van der Waals surface area contributed by atoms with E-state index in [1.54, 1.807) is 12.1 Å². The van der Waals surface area contributed by atoms with Gasteiger partial charge in [0.15, 0.2) is 10.4 Å². The third-order valence-corrected chi connectivity index (χ3v) is 2.30. The van der Waals surface area contributed by atoms with Crippen molar-refractivity contribution >= 4 is 21.7 Å². The summed E-state index contributed by atoms with van der Waals surface area (Å²) in [7, 11) is 0. The normalized spacial score (nSPS) is 12.9. The molecule has 0 radical (unpaired) electrons. The Morgan fingerprint density at radius 2 is 2.33 bits per heavy atom. The van der Waals surface area contributed by atoms with Gasteiger partial charge in [-0.25, -0.2) is 0 Å². The van der Waals surface area contributed by atoms with Crippen LogP contribution in [0.4, 0.5) is 0 Å². The van der Waals surface area contributed by atoms with Crippen LogP contribution in [0.2, 0.25) is 0 Å². The molecule has 12 heavy (non-hydrogen) atoms. The molecule has 2 nitrogen and oxygen atoms in total. The number of hydrogen-bond donors (Lipinski definition) is 0. The molecule has 0 aliphatic rings. The molecular weight excluding hydrogens is 220 g/mol. The van der Waals surface area contributed by atoms with Gasteiger partial charge in [-0.2, -0.15) is 0 Å². The summed E-state index contributed by atoms with van der Waals surface area (Å²) >= 11 is 3.15. The Kier molecular flexibility index (Phi) is 3.09. The van der Waals surface area contributed by atoms with Gasteiger partial charge in [0, 0.05) is 5.92 Å². The van der Waals surface area contributed by atoms with E-state index in [1.807, 2.05) is 13.8 Å². The fraction of sp³-hybridized carbons (Fsp3) is 0.444. The molecule has 0 spiro atoms. The first kappa shape index (κ1) is 9.52. The van der Waals surface area contributed by atoms with E-state index in [-0.39, 0.29) is 11.7 Å². The van der Waals surface area contributed by atoms with Gasteiger partial charge in [-0.3, -0.25) is 4.79 Å². The van der Waals surface area contributed by atoms with Crippen LogP contribution in [0.15, 0.2) is 21.2 Å². The van der Waals surface area contributed by atoms with Gasteiger partial charge < -0.3 is 4.42 Å². The third-order valence-electron chi connectivity index (χ3n) is 1.88. The van der Waals surface area contributed by atoms with Crippen molar-refractivity contribution < 1.29 is 9.21 Å². The van der Waals surface area contributed by atoms with E-state index in [0.29, 0.717) is 10.4 Å². The SMILES string of the molecule is CCC(C)C(=O)c1ccc(Br)o1. The molecule has 1 aromatic rings. The monoisotopic (exact) mass is 230 g/mol. The Bertz CT molecular complexity index is 278. The largest absolute Gasteiger partial charge is 0.446 e. The summed E-state index contributed by atoms with van der Waals surface area (Å²) in [5.74, 6) is 0.558. The standard InChI is InChI=1S/C9H11BrO2/c1-3-6(2)9(11)7-4-5-8(10)12-7/h4-6H,3H2,1-2H3. The maximum atomic E-state index is 11.5. The molecule has 3 heteroatoms. The Hall–Kier alpha value is -0.570. The second kappa shape index (κ2) is 3.90. The van der Waals surface area contributed by atoms with Gasteiger partial charge in [0.25, 0.3) is 0 Å². The van der Waals surface area contributed by atoms with Crippen LogP contribution in [-0.4, -0.2) is 5.78 Å². The van der Waals surface area contributed by atoms with E-state index in [2.05, 4.69) is 15.9 Å². The molecule has 0 aliphatic carbocycles. The molecule has 1 unspecified atom stereocenters. The van der Waals surface area contributed by atoms with Crippen molar-refractivity contribution in [3.8, 4) is 0 Å². The smallest absolute Gasteiger partial charge is 0.200 e. The van der Waals surface area contributed by atoms with Crippen molar-refractivity contribution in [1.82, 2.24) is 0 Å². The van der Waals surface area contributed by atoms with E-state index in [4.69, 9.17) is 4.42 Å². The highest BCUT2D eigenvalue weighted by Gasteiger charge is 2.16. The summed E-state index contributed by atoms with van der Waals surface area (Å²) in [6, 6.07) is 3.42. The summed E-state index contributed by atoms with van der Waals surface area (Å²) in [6.07, 6.45) is 0.844. The van der Waals surface area contributed by atoms with E-state index >= 15 is 0 Å². The highest BCUT2D eigenvalue weighted by Crippen LogP contribution is 2.18. The van der Waals surface area contributed by atoms with Crippen molar-refractivity contribution in [2.75, 3.05) is 0 Å². The fourth-order valence-electron chi connectivity index (χ4n) is 0.875. The van der Waals surface area contributed by atoms with Gasteiger partial charge in [0.1, 0.15) is 0 Å². The Morgan fingerprint density at radius 1 is 1.67 bits per heavy atom. The third kappa shape index (κ3) is 1.97. The van der Waals surface area contributed by atoms with Crippen LogP contribution in [0.25, 0.3) is 0 Å². The molecule has 0 N–H and O–H groups in total. The Labute approximate surface area is 80.1 Å². The lowest BCUT2D eigenvalue weighted by atomic mass is 10.0. The zero-order chi connectivity index (χ0) is 9.14. The van der Waals surface area contributed by atoms with Gasteiger partial charge in [-0.05, 0) is 34.5 Å². The Morgan fingerprint density at radius 3 is 2.75 bits per heavy atom. The molecule has 0 saturated heterocycles. The minimum atomic E-state index is 0.0445. The first-order chi connectivity index (χ1) is 5.65. The number of Topliss-reactive ketones (excluding diaryl/α,β-unsaturated/α-hetero) is 1. The van der Waals surface area contributed by atoms with Crippen LogP contribution in [0.5, 0.6) is 0 Å². The molecule has 0 aromatic carbocycles. The van der Waals surface area contributed by atoms with Gasteiger partial charge >= 0.3 is 0 Å². The predicted octanol–water partition coefficient (Wildman–Crippen LogP) is 3.27. The Balaban J connectivity index is 2.78. The zero-order valence-corrected chi connectivity index (χ0v) is 8.72. The van der Waals surface area contributed by atoms with Crippen LogP contribution < -0.4 is 0 Å². The van der Waals surface area contributed by atoms with Crippen LogP contribution >= 0.6 is 15.9 Å².